The molecule has 0 aliphatic rings. The number of thiophene rings is 1. The molecule has 0 amide bonds. The molecule has 8 heteroatoms. The average Bonchev–Trinajstić information content (AvgIpc) is 3.28. The Morgan fingerprint density at radius 3 is 2.69 bits per heavy atom. The van der Waals surface area contributed by atoms with Gasteiger partial charge in [0.05, 0.1) is 22.1 Å². The van der Waals surface area contributed by atoms with Gasteiger partial charge in [-0.2, -0.15) is 11.3 Å². The molecular weight excluding hydrogens is 398 g/mol. The maximum absolute atomic E-state index is 13.9. The molecule has 0 spiro atoms. The van der Waals surface area contributed by atoms with E-state index in [1.807, 2.05) is 35.0 Å². The molecule has 2 aromatic heterocycles. The van der Waals surface area contributed by atoms with E-state index in [0.717, 1.165) is 34.2 Å². The molecule has 0 aliphatic carbocycles. The topological polar surface area (TPSA) is 50.9 Å². The summed E-state index contributed by atoms with van der Waals surface area (Å²) in [5.74, 6) is -1.56. The summed E-state index contributed by atoms with van der Waals surface area (Å²) in [6.45, 7) is 0. The third-order valence-corrected chi connectivity index (χ3v) is 6.03. The summed E-state index contributed by atoms with van der Waals surface area (Å²) in [6.07, 6.45) is 1.59. The number of H-pyrrole nitrogens is 1. The molecule has 1 atom stereocenters. The van der Waals surface area contributed by atoms with Crippen LogP contribution < -0.4 is 4.72 Å². The Kier molecular flexibility index (Phi) is 4.62. The number of hydrogen-bond donors (Lipinski definition) is 2. The van der Waals surface area contributed by atoms with E-state index in [1.54, 1.807) is 17.5 Å². The number of hydrogen-bond acceptors (Lipinski definition) is 3. The Labute approximate surface area is 159 Å². The summed E-state index contributed by atoms with van der Waals surface area (Å²) >= 11 is 5.37. The summed E-state index contributed by atoms with van der Waals surface area (Å²) in [4.78, 5) is 3.52. The van der Waals surface area contributed by atoms with Crippen molar-refractivity contribution in [3.63, 3.8) is 0 Å². The zero-order valence-electron chi connectivity index (χ0n) is 13.1. The molecule has 4 aromatic rings. The fourth-order valence-electron chi connectivity index (χ4n) is 2.62. The van der Waals surface area contributed by atoms with Crippen LogP contribution in [0.5, 0.6) is 0 Å². The van der Waals surface area contributed by atoms with E-state index in [4.69, 9.17) is 11.6 Å². The molecule has 132 valence electrons. The van der Waals surface area contributed by atoms with Gasteiger partial charge in [-0.1, -0.05) is 17.7 Å². The van der Waals surface area contributed by atoms with Crippen LogP contribution in [-0.4, -0.2) is 9.54 Å². The fraction of sp³-hybridized carbons (Fsp3) is 0. The molecule has 0 saturated heterocycles. The zero-order valence-corrected chi connectivity index (χ0v) is 15.4. The lowest BCUT2D eigenvalue weighted by Gasteiger charge is -2.12. The Morgan fingerprint density at radius 1 is 1.08 bits per heavy atom. The summed E-state index contributed by atoms with van der Waals surface area (Å²) in [5.41, 5.74) is 2.74. The van der Waals surface area contributed by atoms with Crippen molar-refractivity contribution in [2.75, 3.05) is 4.72 Å². The average molecular weight is 409 g/mol. The largest absolute Gasteiger partial charge is 0.588 e. The predicted octanol–water partition coefficient (Wildman–Crippen LogP) is 5.96. The maximum Gasteiger partial charge on any atom is 0.205 e. The van der Waals surface area contributed by atoms with Crippen molar-refractivity contribution < 1.29 is 13.3 Å². The first kappa shape index (κ1) is 17.4. The lowest BCUT2D eigenvalue weighted by Crippen LogP contribution is -2.14. The van der Waals surface area contributed by atoms with Crippen molar-refractivity contribution >= 4 is 50.9 Å². The van der Waals surface area contributed by atoms with Gasteiger partial charge in [-0.05, 0) is 46.2 Å². The van der Waals surface area contributed by atoms with Crippen molar-refractivity contribution in [1.82, 2.24) is 4.98 Å². The van der Waals surface area contributed by atoms with Crippen LogP contribution in [0.15, 0.2) is 58.3 Å². The highest BCUT2D eigenvalue weighted by Crippen LogP contribution is 2.31. The van der Waals surface area contributed by atoms with Gasteiger partial charge in [-0.3, -0.25) is 0 Å². The summed E-state index contributed by atoms with van der Waals surface area (Å²) in [7, 11) is 0. The van der Waals surface area contributed by atoms with Crippen LogP contribution in [-0.2, 0) is 11.4 Å². The van der Waals surface area contributed by atoms with E-state index in [9.17, 15) is 13.3 Å². The fourth-order valence-corrected chi connectivity index (χ4v) is 4.44. The molecule has 0 bridgehead atoms. The van der Waals surface area contributed by atoms with Crippen molar-refractivity contribution in [2.24, 2.45) is 0 Å². The quantitative estimate of drug-likeness (QED) is 0.323. The van der Waals surface area contributed by atoms with Gasteiger partial charge in [0.15, 0.2) is 5.82 Å². The molecule has 0 aliphatic heterocycles. The van der Waals surface area contributed by atoms with Crippen molar-refractivity contribution in [3.05, 3.63) is 70.0 Å². The first-order valence-corrected chi connectivity index (χ1v) is 9.96. The van der Waals surface area contributed by atoms with Gasteiger partial charge in [0.25, 0.3) is 0 Å². The Bertz CT molecular complexity index is 1080. The molecule has 0 fully saturated rings. The van der Waals surface area contributed by atoms with E-state index in [1.165, 1.54) is 0 Å². The van der Waals surface area contributed by atoms with Gasteiger partial charge in [-0.15, -0.1) is 0 Å². The monoisotopic (exact) mass is 408 g/mol. The molecular formula is C18H11ClF2N2OS2. The third-order valence-electron chi connectivity index (χ3n) is 3.91. The first-order valence-electron chi connectivity index (χ1n) is 7.49. The van der Waals surface area contributed by atoms with Crippen LogP contribution in [0.4, 0.5) is 14.5 Å². The van der Waals surface area contributed by atoms with Crippen LogP contribution in [0.2, 0.25) is 5.02 Å². The number of rotatable bonds is 4. The zero-order chi connectivity index (χ0) is 18.3. The molecule has 0 radical (unpaired) electrons. The molecule has 0 saturated carbocycles. The minimum absolute atomic E-state index is 0.213. The van der Waals surface area contributed by atoms with E-state index >= 15 is 0 Å². The Balaban J connectivity index is 1.65. The molecule has 4 rings (SSSR count). The van der Waals surface area contributed by atoms with E-state index in [-0.39, 0.29) is 10.7 Å². The van der Waals surface area contributed by atoms with Gasteiger partial charge >= 0.3 is 0 Å². The number of fused-ring (bicyclic) bond motifs is 1. The second-order valence-corrected chi connectivity index (χ2v) is 7.91. The van der Waals surface area contributed by atoms with Gasteiger partial charge in [0.2, 0.25) is 4.90 Å². The molecule has 2 N–H and O–H groups in total. The third kappa shape index (κ3) is 3.19. The molecule has 3 nitrogen and oxygen atoms in total. The van der Waals surface area contributed by atoms with Gasteiger partial charge < -0.3 is 9.54 Å². The molecule has 26 heavy (non-hydrogen) atoms. The smallest absolute Gasteiger partial charge is 0.205 e. The standard InChI is InChI=1S/C18H11ClF2N2OS2/c19-13-6-15(21)17(7-14(13)20)23-26(24)18-8-22-16-5-10(1-2-12(16)18)11-3-4-25-9-11/h1-9,22-23H. The number of benzene rings is 2. The predicted molar refractivity (Wildman–Crippen MR) is 103 cm³/mol. The maximum atomic E-state index is 13.9. The second-order valence-electron chi connectivity index (χ2n) is 5.54. The number of aromatic nitrogens is 1. The van der Waals surface area contributed by atoms with Crippen LogP contribution in [0.1, 0.15) is 0 Å². The first-order chi connectivity index (χ1) is 12.5. The minimum atomic E-state index is -1.78. The van der Waals surface area contributed by atoms with E-state index < -0.39 is 23.0 Å². The lowest BCUT2D eigenvalue weighted by molar-refractivity contribution is 0.594. The highest BCUT2D eigenvalue weighted by Gasteiger charge is 2.20. The normalized spacial score (nSPS) is 12.5. The lowest BCUT2D eigenvalue weighted by atomic mass is 10.1. The van der Waals surface area contributed by atoms with E-state index in [0.29, 0.717) is 4.90 Å². The van der Waals surface area contributed by atoms with Gasteiger partial charge in [0, 0.05) is 6.07 Å². The molecule has 2 heterocycles. The highest BCUT2D eigenvalue weighted by molar-refractivity contribution is 7.93. The van der Waals surface area contributed by atoms with Crippen molar-refractivity contribution in [3.8, 4) is 11.1 Å². The number of aromatic amines is 1. The number of halogens is 3. The molecule has 2 aromatic carbocycles. The van der Waals surface area contributed by atoms with Crippen LogP contribution in [0.3, 0.4) is 0 Å². The number of nitrogens with one attached hydrogen (secondary N) is 2. The van der Waals surface area contributed by atoms with Crippen molar-refractivity contribution in [2.45, 2.75) is 4.90 Å². The van der Waals surface area contributed by atoms with Crippen LogP contribution in [0, 0.1) is 11.6 Å². The summed E-state index contributed by atoms with van der Waals surface area (Å²) in [6, 6.07) is 9.50. The highest BCUT2D eigenvalue weighted by atomic mass is 35.5. The van der Waals surface area contributed by atoms with Crippen LogP contribution >= 0.6 is 22.9 Å². The summed E-state index contributed by atoms with van der Waals surface area (Å²) < 4.78 is 42.5. The second kappa shape index (κ2) is 6.92. The molecule has 1 unspecified atom stereocenters. The summed E-state index contributed by atoms with van der Waals surface area (Å²) in [5, 5.41) is 4.46. The van der Waals surface area contributed by atoms with Crippen molar-refractivity contribution in [1.29, 1.82) is 0 Å². The Hall–Kier alpha value is -2.06. The number of anilines is 1. The van der Waals surface area contributed by atoms with Gasteiger partial charge in [-0.25, -0.2) is 13.5 Å². The Morgan fingerprint density at radius 2 is 1.92 bits per heavy atom. The van der Waals surface area contributed by atoms with Gasteiger partial charge in [0.1, 0.15) is 22.9 Å². The SMILES string of the molecule is [O-][S+](Nc1cc(F)c(Cl)cc1F)c1c[nH]c2cc(-c3ccsc3)ccc12. The van der Waals surface area contributed by atoms with Crippen LogP contribution in [0.25, 0.3) is 22.0 Å². The van der Waals surface area contributed by atoms with E-state index in [2.05, 4.69) is 9.71 Å². The minimum Gasteiger partial charge on any atom is -0.588 e.